The average molecular weight is 391 g/mol. The van der Waals surface area contributed by atoms with Gasteiger partial charge >= 0.3 is 5.97 Å². The van der Waals surface area contributed by atoms with Gasteiger partial charge < -0.3 is 20.6 Å². The van der Waals surface area contributed by atoms with Gasteiger partial charge in [0.2, 0.25) is 10.0 Å². The smallest absolute Gasteiger partial charge is 0.303 e. The summed E-state index contributed by atoms with van der Waals surface area (Å²) in [5.41, 5.74) is 0. The number of sulfonamides is 1. The van der Waals surface area contributed by atoms with E-state index in [4.69, 9.17) is 15.3 Å². The Labute approximate surface area is 155 Å². The van der Waals surface area contributed by atoms with E-state index in [1.165, 1.54) is 4.31 Å². The number of hydrogen-bond donors (Lipinski definition) is 4. The molecule has 0 aliphatic carbocycles. The molecule has 0 atom stereocenters. The quantitative estimate of drug-likeness (QED) is 0.383. The van der Waals surface area contributed by atoms with E-state index in [-0.39, 0.29) is 24.5 Å². The summed E-state index contributed by atoms with van der Waals surface area (Å²) in [5, 5.41) is 27.6. The molecule has 0 saturated carbocycles. The first kappa shape index (κ1) is 24.5. The second kappa shape index (κ2) is 14.6. The number of hydrogen-bond acceptors (Lipinski definition) is 6. The van der Waals surface area contributed by atoms with Crippen molar-refractivity contribution in [3.63, 3.8) is 0 Å². The lowest BCUT2D eigenvalue weighted by atomic mass is 10.2. The fourth-order valence-corrected chi connectivity index (χ4v) is 3.19. The first-order valence-electron chi connectivity index (χ1n) is 8.52. The van der Waals surface area contributed by atoms with Gasteiger partial charge in [-0.25, -0.2) is 12.7 Å². The number of carboxylic acid groups (broad SMARTS) is 1. The Kier molecular flexibility index (Phi) is 13.8. The number of carbonyl (C=O) groups is 1. The third-order valence-corrected chi connectivity index (χ3v) is 5.26. The standard InChI is InChI=1S/C13H19NO4S.C4H11NO2/c1-14(11-7-3-6-10-13(15)16)19(17,18)12-8-4-2-5-9-12;6-3-1-5-2-4-7/h2,4-5,8-9H,3,6-7,10-11H2,1H3,(H,15,16);5-7H,1-4H2. The van der Waals surface area contributed by atoms with E-state index in [9.17, 15) is 13.2 Å². The van der Waals surface area contributed by atoms with Gasteiger partial charge in [-0.1, -0.05) is 24.6 Å². The predicted molar refractivity (Wildman–Crippen MR) is 99.4 cm³/mol. The van der Waals surface area contributed by atoms with E-state index in [1.54, 1.807) is 37.4 Å². The van der Waals surface area contributed by atoms with E-state index in [2.05, 4.69) is 5.32 Å². The van der Waals surface area contributed by atoms with Crippen LogP contribution in [0.2, 0.25) is 0 Å². The Morgan fingerprint density at radius 1 is 1.04 bits per heavy atom. The Morgan fingerprint density at radius 2 is 1.62 bits per heavy atom. The molecule has 150 valence electrons. The normalized spacial score (nSPS) is 11.1. The first-order valence-corrected chi connectivity index (χ1v) is 9.96. The highest BCUT2D eigenvalue weighted by molar-refractivity contribution is 7.89. The van der Waals surface area contributed by atoms with Gasteiger partial charge in [0.05, 0.1) is 18.1 Å². The lowest BCUT2D eigenvalue weighted by Gasteiger charge is -2.16. The highest BCUT2D eigenvalue weighted by Gasteiger charge is 2.19. The van der Waals surface area contributed by atoms with Crippen molar-refractivity contribution in [2.75, 3.05) is 39.9 Å². The van der Waals surface area contributed by atoms with Gasteiger partial charge in [-0.15, -0.1) is 0 Å². The summed E-state index contributed by atoms with van der Waals surface area (Å²) < 4.78 is 25.6. The molecule has 4 N–H and O–H groups in total. The molecule has 0 bridgehead atoms. The zero-order chi connectivity index (χ0) is 19.8. The molecule has 0 fully saturated rings. The fourth-order valence-electron chi connectivity index (χ4n) is 1.96. The van der Waals surface area contributed by atoms with E-state index in [0.29, 0.717) is 38.9 Å². The molecular formula is C17H30N2O6S. The number of aliphatic hydroxyl groups excluding tert-OH is 2. The van der Waals surface area contributed by atoms with Gasteiger partial charge in [0, 0.05) is 33.1 Å². The van der Waals surface area contributed by atoms with Gasteiger partial charge in [0.25, 0.3) is 0 Å². The topological polar surface area (TPSA) is 127 Å². The van der Waals surface area contributed by atoms with Crippen LogP contribution in [-0.2, 0) is 14.8 Å². The van der Waals surface area contributed by atoms with Crippen LogP contribution in [0.3, 0.4) is 0 Å². The number of rotatable bonds is 12. The molecule has 0 unspecified atom stereocenters. The van der Waals surface area contributed by atoms with Crippen molar-refractivity contribution in [2.45, 2.75) is 30.6 Å². The summed E-state index contributed by atoms with van der Waals surface area (Å²) in [6.45, 7) is 1.82. The molecule has 0 radical (unpaired) electrons. The molecule has 0 aliphatic rings. The molecule has 1 rings (SSSR count). The van der Waals surface area contributed by atoms with Crippen LogP contribution in [0.25, 0.3) is 0 Å². The summed E-state index contributed by atoms with van der Waals surface area (Å²) in [6.07, 6.45) is 2.08. The monoisotopic (exact) mass is 390 g/mol. The van der Waals surface area contributed by atoms with Crippen LogP contribution in [0.15, 0.2) is 35.2 Å². The molecule has 0 aromatic heterocycles. The zero-order valence-corrected chi connectivity index (χ0v) is 16.0. The molecule has 9 heteroatoms. The van der Waals surface area contributed by atoms with Crippen LogP contribution in [0, 0.1) is 0 Å². The molecular weight excluding hydrogens is 360 g/mol. The van der Waals surface area contributed by atoms with Gasteiger partial charge in [0.1, 0.15) is 0 Å². The lowest BCUT2D eigenvalue weighted by molar-refractivity contribution is -0.137. The first-order chi connectivity index (χ1) is 12.4. The predicted octanol–water partition coefficient (Wildman–Crippen LogP) is 0.513. The average Bonchev–Trinajstić information content (AvgIpc) is 2.62. The van der Waals surface area contributed by atoms with Crippen molar-refractivity contribution in [3.05, 3.63) is 30.3 Å². The summed E-state index contributed by atoms with van der Waals surface area (Å²) in [7, 11) is -1.88. The summed E-state index contributed by atoms with van der Waals surface area (Å²) in [4.78, 5) is 10.6. The van der Waals surface area contributed by atoms with Gasteiger partial charge in [0.15, 0.2) is 0 Å². The summed E-state index contributed by atoms with van der Waals surface area (Å²) >= 11 is 0. The Bertz CT molecular complexity index is 576. The van der Waals surface area contributed by atoms with Gasteiger partial charge in [-0.2, -0.15) is 0 Å². The van der Waals surface area contributed by atoms with Crippen LogP contribution in [-0.4, -0.2) is 73.9 Å². The molecule has 0 amide bonds. The number of unbranched alkanes of at least 4 members (excludes halogenated alkanes) is 2. The number of benzene rings is 1. The van der Waals surface area contributed by atoms with Crippen molar-refractivity contribution in [2.24, 2.45) is 0 Å². The molecule has 0 heterocycles. The van der Waals surface area contributed by atoms with E-state index in [1.807, 2.05) is 0 Å². The maximum Gasteiger partial charge on any atom is 0.303 e. The van der Waals surface area contributed by atoms with E-state index < -0.39 is 16.0 Å². The van der Waals surface area contributed by atoms with Crippen molar-refractivity contribution in [1.82, 2.24) is 9.62 Å². The summed E-state index contributed by atoms with van der Waals surface area (Å²) in [6, 6.07) is 8.28. The van der Waals surface area contributed by atoms with E-state index in [0.717, 1.165) is 0 Å². The number of carboxylic acids is 1. The molecule has 26 heavy (non-hydrogen) atoms. The molecule has 1 aromatic rings. The SMILES string of the molecule is CN(CCCCCC(=O)O)S(=O)(=O)c1ccccc1.OCCNCCO. The minimum atomic E-state index is -3.43. The molecule has 0 aliphatic heterocycles. The lowest BCUT2D eigenvalue weighted by Crippen LogP contribution is -2.27. The van der Waals surface area contributed by atoms with Crippen molar-refractivity contribution < 1.29 is 28.5 Å². The number of nitrogens with zero attached hydrogens (tertiary/aromatic N) is 1. The molecule has 0 spiro atoms. The minimum absolute atomic E-state index is 0.134. The number of nitrogens with one attached hydrogen (secondary N) is 1. The number of aliphatic hydroxyl groups is 2. The van der Waals surface area contributed by atoms with Gasteiger partial charge in [-0.3, -0.25) is 4.79 Å². The fraction of sp³-hybridized carbons (Fsp3) is 0.588. The minimum Gasteiger partial charge on any atom is -0.481 e. The number of aliphatic carboxylic acids is 1. The summed E-state index contributed by atoms with van der Waals surface area (Å²) in [5.74, 6) is -0.815. The third kappa shape index (κ3) is 11.2. The van der Waals surface area contributed by atoms with Crippen LogP contribution in [0.4, 0.5) is 0 Å². The largest absolute Gasteiger partial charge is 0.481 e. The van der Waals surface area contributed by atoms with Crippen LogP contribution >= 0.6 is 0 Å². The van der Waals surface area contributed by atoms with Gasteiger partial charge in [-0.05, 0) is 25.0 Å². The highest BCUT2D eigenvalue weighted by atomic mass is 32.2. The van der Waals surface area contributed by atoms with Crippen molar-refractivity contribution in [1.29, 1.82) is 0 Å². The highest BCUT2D eigenvalue weighted by Crippen LogP contribution is 2.14. The molecule has 0 saturated heterocycles. The van der Waals surface area contributed by atoms with Crippen LogP contribution < -0.4 is 5.32 Å². The molecule has 8 nitrogen and oxygen atoms in total. The maximum absolute atomic E-state index is 12.1. The second-order valence-electron chi connectivity index (χ2n) is 5.54. The Morgan fingerprint density at radius 3 is 2.12 bits per heavy atom. The van der Waals surface area contributed by atoms with E-state index >= 15 is 0 Å². The van der Waals surface area contributed by atoms with Crippen LogP contribution in [0.5, 0.6) is 0 Å². The Balaban J connectivity index is 0.000000758. The third-order valence-electron chi connectivity index (χ3n) is 3.39. The van der Waals surface area contributed by atoms with Crippen molar-refractivity contribution in [3.8, 4) is 0 Å². The van der Waals surface area contributed by atoms with Crippen LogP contribution in [0.1, 0.15) is 25.7 Å². The maximum atomic E-state index is 12.1. The zero-order valence-electron chi connectivity index (χ0n) is 15.2. The molecule has 1 aromatic carbocycles. The second-order valence-corrected chi connectivity index (χ2v) is 7.59. The van der Waals surface area contributed by atoms with Crippen molar-refractivity contribution >= 4 is 16.0 Å². The Hall–Kier alpha value is -1.52.